The van der Waals surface area contributed by atoms with E-state index < -0.39 is 0 Å². The summed E-state index contributed by atoms with van der Waals surface area (Å²) in [5, 5.41) is 4.42. The van der Waals surface area contributed by atoms with Crippen LogP contribution in [-0.4, -0.2) is 10.9 Å². The van der Waals surface area contributed by atoms with Crippen LogP contribution in [-0.2, 0) is 0 Å². The van der Waals surface area contributed by atoms with Crippen molar-refractivity contribution < 1.29 is 0 Å². The van der Waals surface area contributed by atoms with E-state index in [0.717, 1.165) is 11.5 Å². The highest BCUT2D eigenvalue weighted by molar-refractivity contribution is 7.10. The molecule has 0 aromatic carbocycles. The number of hydrogen-bond donors (Lipinski definition) is 2. The van der Waals surface area contributed by atoms with E-state index in [1.165, 1.54) is 50.1 Å². The van der Waals surface area contributed by atoms with E-state index in [2.05, 4.69) is 16.6 Å². The Balaban J connectivity index is 1.93. The van der Waals surface area contributed by atoms with E-state index >= 15 is 0 Å². The number of rotatable bonds is 8. The van der Waals surface area contributed by atoms with Crippen molar-refractivity contribution in [3.63, 3.8) is 0 Å². The lowest BCUT2D eigenvalue weighted by Gasteiger charge is -2.02. The molecular formula is C11H21N3S. The predicted molar refractivity (Wildman–Crippen MR) is 68.4 cm³/mol. The third-order valence-electron chi connectivity index (χ3n) is 2.36. The third-order valence-corrected chi connectivity index (χ3v) is 3.12. The number of nitrogens with two attached hydrogens (primary N) is 1. The van der Waals surface area contributed by atoms with Gasteiger partial charge < -0.3 is 11.1 Å². The van der Waals surface area contributed by atoms with E-state index in [1.807, 2.05) is 6.07 Å². The Kier molecular flexibility index (Phi) is 6.16. The summed E-state index contributed by atoms with van der Waals surface area (Å²) in [6.45, 7) is 3.28. The summed E-state index contributed by atoms with van der Waals surface area (Å²) < 4.78 is 4.01. The van der Waals surface area contributed by atoms with Crippen LogP contribution in [0.25, 0.3) is 0 Å². The lowest BCUT2D eigenvalue weighted by atomic mass is 10.1. The van der Waals surface area contributed by atoms with Crippen molar-refractivity contribution in [3.05, 3.63) is 6.07 Å². The zero-order valence-corrected chi connectivity index (χ0v) is 10.3. The molecule has 1 aromatic rings. The highest BCUT2D eigenvalue weighted by Crippen LogP contribution is 2.17. The Labute approximate surface area is 96.2 Å². The number of nitrogen functional groups attached to an aromatic ring is 1. The number of nitrogens with one attached hydrogen (secondary N) is 1. The van der Waals surface area contributed by atoms with E-state index in [-0.39, 0.29) is 0 Å². The number of anilines is 2. The van der Waals surface area contributed by atoms with Gasteiger partial charge in [0.05, 0.1) is 0 Å². The van der Waals surface area contributed by atoms with Crippen LogP contribution >= 0.6 is 11.5 Å². The van der Waals surface area contributed by atoms with Crippen LogP contribution in [0.5, 0.6) is 0 Å². The van der Waals surface area contributed by atoms with Gasteiger partial charge in [0.25, 0.3) is 0 Å². The van der Waals surface area contributed by atoms with Crippen LogP contribution in [0.4, 0.5) is 10.8 Å². The molecule has 0 saturated heterocycles. The molecule has 3 N–H and O–H groups in total. The fourth-order valence-electron chi connectivity index (χ4n) is 1.49. The van der Waals surface area contributed by atoms with Crippen molar-refractivity contribution in [2.75, 3.05) is 17.6 Å². The standard InChI is InChI=1S/C11H21N3S/c1-2-3-4-5-6-7-8-13-11-9-10(12)14-15-11/h9,13H,2-8H2,1H3,(H2,12,14). The van der Waals surface area contributed by atoms with Crippen LogP contribution in [0.2, 0.25) is 0 Å². The number of aromatic nitrogens is 1. The Morgan fingerprint density at radius 2 is 2.00 bits per heavy atom. The third kappa shape index (κ3) is 5.62. The first-order chi connectivity index (χ1) is 7.33. The molecule has 0 unspecified atom stereocenters. The summed E-state index contributed by atoms with van der Waals surface area (Å²) in [5.41, 5.74) is 5.52. The van der Waals surface area contributed by atoms with Crippen molar-refractivity contribution in [3.8, 4) is 0 Å². The second-order valence-corrected chi connectivity index (χ2v) is 4.62. The molecule has 0 aliphatic rings. The van der Waals surface area contributed by atoms with Gasteiger partial charge in [-0.3, -0.25) is 0 Å². The minimum absolute atomic E-state index is 0.616. The Morgan fingerprint density at radius 3 is 2.67 bits per heavy atom. The van der Waals surface area contributed by atoms with Gasteiger partial charge in [-0.05, 0) is 18.0 Å². The molecule has 0 bridgehead atoms. The zero-order valence-electron chi connectivity index (χ0n) is 9.46. The summed E-state index contributed by atoms with van der Waals surface area (Å²) >= 11 is 1.44. The largest absolute Gasteiger partial charge is 0.383 e. The van der Waals surface area contributed by atoms with E-state index in [9.17, 15) is 0 Å². The van der Waals surface area contributed by atoms with Crippen molar-refractivity contribution in [2.45, 2.75) is 45.4 Å². The average Bonchev–Trinajstić information content (AvgIpc) is 2.63. The first-order valence-electron chi connectivity index (χ1n) is 5.79. The van der Waals surface area contributed by atoms with E-state index in [4.69, 9.17) is 5.73 Å². The predicted octanol–water partition coefficient (Wildman–Crippen LogP) is 3.50. The van der Waals surface area contributed by atoms with Crippen molar-refractivity contribution in [1.82, 2.24) is 4.37 Å². The minimum Gasteiger partial charge on any atom is -0.383 e. The molecule has 0 atom stereocenters. The smallest absolute Gasteiger partial charge is 0.139 e. The Morgan fingerprint density at radius 1 is 1.27 bits per heavy atom. The summed E-state index contributed by atoms with van der Waals surface area (Å²) in [6, 6.07) is 1.89. The Hall–Kier alpha value is -0.770. The van der Waals surface area contributed by atoms with Crippen LogP contribution in [0.15, 0.2) is 6.07 Å². The van der Waals surface area contributed by atoms with Crippen molar-refractivity contribution >= 4 is 22.4 Å². The van der Waals surface area contributed by atoms with Crippen LogP contribution < -0.4 is 11.1 Å². The minimum atomic E-state index is 0.616. The molecular weight excluding hydrogens is 206 g/mol. The summed E-state index contributed by atoms with van der Waals surface area (Å²) in [5.74, 6) is 0.616. The average molecular weight is 227 g/mol. The van der Waals surface area contributed by atoms with Gasteiger partial charge in [-0.15, -0.1) is 0 Å². The van der Waals surface area contributed by atoms with Gasteiger partial charge in [-0.2, -0.15) is 4.37 Å². The maximum atomic E-state index is 5.52. The van der Waals surface area contributed by atoms with Crippen LogP contribution in [0, 0.1) is 0 Å². The number of hydrogen-bond acceptors (Lipinski definition) is 4. The van der Waals surface area contributed by atoms with Gasteiger partial charge in [0.15, 0.2) is 0 Å². The van der Waals surface area contributed by atoms with Crippen LogP contribution in [0.3, 0.4) is 0 Å². The summed E-state index contributed by atoms with van der Waals surface area (Å²) in [4.78, 5) is 0. The molecule has 1 rings (SSSR count). The quantitative estimate of drug-likeness (QED) is 0.668. The van der Waals surface area contributed by atoms with Gasteiger partial charge in [-0.1, -0.05) is 39.0 Å². The first-order valence-corrected chi connectivity index (χ1v) is 6.56. The number of unbranched alkanes of at least 4 members (excludes halogenated alkanes) is 5. The summed E-state index contributed by atoms with van der Waals surface area (Å²) in [6.07, 6.45) is 7.99. The Bertz CT molecular complexity index is 260. The lowest BCUT2D eigenvalue weighted by Crippen LogP contribution is -1.99. The second-order valence-electron chi connectivity index (χ2n) is 3.81. The van der Waals surface area contributed by atoms with Gasteiger partial charge in [0.1, 0.15) is 10.8 Å². The monoisotopic (exact) mass is 227 g/mol. The highest BCUT2D eigenvalue weighted by atomic mass is 32.1. The van der Waals surface area contributed by atoms with Crippen LogP contribution in [0.1, 0.15) is 45.4 Å². The molecule has 0 amide bonds. The number of nitrogens with zero attached hydrogens (tertiary/aromatic N) is 1. The molecule has 15 heavy (non-hydrogen) atoms. The van der Waals surface area contributed by atoms with Crippen molar-refractivity contribution in [1.29, 1.82) is 0 Å². The molecule has 86 valence electrons. The molecule has 0 saturated carbocycles. The van der Waals surface area contributed by atoms with Gasteiger partial charge in [0.2, 0.25) is 0 Å². The van der Waals surface area contributed by atoms with E-state index in [1.54, 1.807) is 0 Å². The molecule has 3 nitrogen and oxygen atoms in total. The lowest BCUT2D eigenvalue weighted by molar-refractivity contribution is 0.617. The molecule has 1 heterocycles. The molecule has 4 heteroatoms. The zero-order chi connectivity index (χ0) is 10.9. The maximum Gasteiger partial charge on any atom is 0.139 e. The second kappa shape index (κ2) is 7.51. The van der Waals surface area contributed by atoms with E-state index in [0.29, 0.717) is 5.82 Å². The fraction of sp³-hybridized carbons (Fsp3) is 0.727. The molecule has 0 spiro atoms. The maximum absolute atomic E-state index is 5.52. The fourth-order valence-corrected chi connectivity index (χ4v) is 2.09. The van der Waals surface area contributed by atoms with Gasteiger partial charge in [0, 0.05) is 12.6 Å². The SMILES string of the molecule is CCCCCCCCNc1cc(N)ns1. The normalized spacial score (nSPS) is 10.5. The van der Waals surface area contributed by atoms with Gasteiger partial charge in [-0.25, -0.2) is 0 Å². The summed E-state index contributed by atoms with van der Waals surface area (Å²) in [7, 11) is 0. The molecule has 0 aliphatic heterocycles. The first kappa shape index (κ1) is 12.3. The topological polar surface area (TPSA) is 50.9 Å². The van der Waals surface area contributed by atoms with Crippen molar-refractivity contribution in [2.24, 2.45) is 0 Å². The molecule has 0 aliphatic carbocycles. The van der Waals surface area contributed by atoms with Gasteiger partial charge >= 0.3 is 0 Å². The molecule has 1 aromatic heterocycles. The molecule has 0 fully saturated rings. The molecule has 0 radical (unpaired) electrons. The highest BCUT2D eigenvalue weighted by Gasteiger charge is 1.96.